The summed E-state index contributed by atoms with van der Waals surface area (Å²) in [5.41, 5.74) is 3.32. The van der Waals surface area contributed by atoms with Crippen molar-refractivity contribution in [2.24, 2.45) is 29.6 Å². The van der Waals surface area contributed by atoms with Crippen LogP contribution in [-0.4, -0.2) is 45.5 Å². The number of amides is 4. The zero-order chi connectivity index (χ0) is 30.5. The van der Waals surface area contributed by atoms with Crippen LogP contribution in [0.15, 0.2) is 30.5 Å². The molecule has 3 atom stereocenters. The third-order valence-corrected chi connectivity index (χ3v) is 10.1. The first-order chi connectivity index (χ1) is 21.3. The Kier molecular flexibility index (Phi) is 7.70. The van der Waals surface area contributed by atoms with Gasteiger partial charge in [-0.05, 0) is 131 Å². The van der Waals surface area contributed by atoms with Gasteiger partial charge >= 0.3 is 0 Å². The van der Waals surface area contributed by atoms with Gasteiger partial charge in [-0.25, -0.2) is 0 Å². The lowest BCUT2D eigenvalue weighted by atomic mass is 9.88. The summed E-state index contributed by atoms with van der Waals surface area (Å²) in [6.07, 6.45) is 11.4. The maximum atomic E-state index is 13.9. The van der Waals surface area contributed by atoms with E-state index in [9.17, 15) is 19.2 Å². The van der Waals surface area contributed by atoms with E-state index in [0.717, 1.165) is 75.3 Å². The van der Waals surface area contributed by atoms with Gasteiger partial charge in [0.15, 0.2) is 0 Å². The minimum absolute atomic E-state index is 0.00917. The van der Waals surface area contributed by atoms with E-state index in [1.165, 1.54) is 0 Å². The Labute approximate surface area is 258 Å². The molecule has 0 bridgehead atoms. The Bertz CT molecular complexity index is 1440. The molecule has 234 valence electrons. The molecule has 10 nitrogen and oxygen atoms in total. The van der Waals surface area contributed by atoms with E-state index in [1.807, 2.05) is 32.0 Å². The quantitative estimate of drug-likeness (QED) is 0.275. The Balaban J connectivity index is 1.03. The van der Waals surface area contributed by atoms with Crippen LogP contribution in [0, 0.1) is 29.6 Å². The maximum Gasteiger partial charge on any atom is 0.270 e. The van der Waals surface area contributed by atoms with Gasteiger partial charge in [0.25, 0.3) is 5.91 Å². The highest BCUT2D eigenvalue weighted by molar-refractivity contribution is 6.01. The molecule has 0 aliphatic heterocycles. The van der Waals surface area contributed by atoms with Gasteiger partial charge in [-0.1, -0.05) is 6.07 Å². The molecule has 1 aromatic heterocycles. The molecule has 4 N–H and O–H groups in total. The molecule has 0 unspecified atom stereocenters. The predicted octanol–water partition coefficient (Wildman–Crippen LogP) is 4.05. The molecule has 1 aromatic carbocycles. The van der Waals surface area contributed by atoms with E-state index >= 15 is 0 Å². The zero-order valence-corrected chi connectivity index (χ0v) is 25.7. The summed E-state index contributed by atoms with van der Waals surface area (Å²) in [6, 6.07) is 6.43. The molecule has 0 spiro atoms. The number of nitrogens with zero attached hydrogens (tertiary/aromatic N) is 2. The Morgan fingerprint density at radius 2 is 1.55 bits per heavy atom. The van der Waals surface area contributed by atoms with Crippen LogP contribution < -0.4 is 21.3 Å². The van der Waals surface area contributed by atoms with Gasteiger partial charge in [0, 0.05) is 23.8 Å². The van der Waals surface area contributed by atoms with Crippen molar-refractivity contribution in [3.8, 4) is 0 Å². The number of carbonyl (C=O) groups excluding carboxylic acids is 4. The summed E-state index contributed by atoms with van der Waals surface area (Å²) >= 11 is 0. The molecule has 1 heterocycles. The second-order valence-corrected chi connectivity index (χ2v) is 14.1. The predicted molar refractivity (Wildman–Crippen MR) is 164 cm³/mol. The first-order valence-electron chi connectivity index (χ1n) is 16.7. The van der Waals surface area contributed by atoms with E-state index in [1.54, 1.807) is 16.9 Å². The molecule has 4 fully saturated rings. The number of nitrogens with one attached hydrogen (secondary N) is 4. The fourth-order valence-corrected chi connectivity index (χ4v) is 7.12. The largest absolute Gasteiger partial charge is 0.347 e. The van der Waals surface area contributed by atoms with Crippen LogP contribution in [0.3, 0.4) is 0 Å². The molecule has 5 aliphatic rings. The van der Waals surface area contributed by atoms with Gasteiger partial charge < -0.3 is 21.3 Å². The van der Waals surface area contributed by atoms with Crippen molar-refractivity contribution in [2.75, 3.05) is 5.32 Å². The topological polar surface area (TPSA) is 134 Å². The van der Waals surface area contributed by atoms with Crippen LogP contribution in [0.4, 0.5) is 5.69 Å². The van der Waals surface area contributed by atoms with Gasteiger partial charge in [-0.2, -0.15) is 5.10 Å². The average Bonchev–Trinajstić information content (AvgIpc) is 3.81. The first-order valence-corrected chi connectivity index (χ1v) is 16.7. The van der Waals surface area contributed by atoms with Crippen LogP contribution in [0.2, 0.25) is 0 Å². The maximum absolute atomic E-state index is 13.9. The van der Waals surface area contributed by atoms with Crippen LogP contribution in [0.25, 0.3) is 0 Å². The molecule has 0 saturated heterocycles. The molecule has 5 aliphatic carbocycles. The fraction of sp³-hybridized carbons (Fsp3) is 0.618. The molecule has 44 heavy (non-hydrogen) atoms. The molecule has 7 rings (SSSR count). The number of anilines is 1. The van der Waals surface area contributed by atoms with Crippen molar-refractivity contribution in [2.45, 2.75) is 102 Å². The third-order valence-electron chi connectivity index (χ3n) is 10.1. The van der Waals surface area contributed by atoms with Gasteiger partial charge in [-0.3, -0.25) is 23.9 Å². The normalized spacial score (nSPS) is 22.3. The second-order valence-electron chi connectivity index (χ2n) is 14.1. The number of benzene rings is 1. The monoisotopic (exact) mass is 600 g/mol. The summed E-state index contributed by atoms with van der Waals surface area (Å²) in [6.45, 7) is 3.96. The highest BCUT2D eigenvalue weighted by Crippen LogP contribution is 2.51. The van der Waals surface area contributed by atoms with E-state index in [4.69, 9.17) is 0 Å². The lowest BCUT2D eigenvalue weighted by Crippen LogP contribution is -2.50. The van der Waals surface area contributed by atoms with E-state index in [2.05, 4.69) is 26.4 Å². The van der Waals surface area contributed by atoms with Crippen LogP contribution in [0.1, 0.15) is 105 Å². The van der Waals surface area contributed by atoms with E-state index < -0.39 is 12.1 Å². The molecular formula is C34H44N6O4. The van der Waals surface area contributed by atoms with Crippen molar-refractivity contribution in [3.63, 3.8) is 0 Å². The number of carbonyl (C=O) groups is 4. The first kappa shape index (κ1) is 29.0. The van der Waals surface area contributed by atoms with Crippen LogP contribution in [0.5, 0.6) is 0 Å². The van der Waals surface area contributed by atoms with Crippen molar-refractivity contribution in [1.29, 1.82) is 0 Å². The fourth-order valence-electron chi connectivity index (χ4n) is 7.12. The molecule has 4 amide bonds. The summed E-state index contributed by atoms with van der Waals surface area (Å²) in [5, 5.41) is 16.8. The summed E-state index contributed by atoms with van der Waals surface area (Å²) in [7, 11) is 0. The lowest BCUT2D eigenvalue weighted by Gasteiger charge is -2.28. The summed E-state index contributed by atoms with van der Waals surface area (Å²) in [5.74, 6) is 0.819. The molecule has 4 saturated carbocycles. The lowest BCUT2D eigenvalue weighted by molar-refractivity contribution is -0.130. The minimum Gasteiger partial charge on any atom is -0.347 e. The Morgan fingerprint density at radius 3 is 2.18 bits per heavy atom. The zero-order valence-electron chi connectivity index (χ0n) is 25.7. The number of hydrogen-bond donors (Lipinski definition) is 4. The van der Waals surface area contributed by atoms with Crippen LogP contribution >= 0.6 is 0 Å². The molecule has 10 heteroatoms. The third kappa shape index (κ3) is 6.26. The van der Waals surface area contributed by atoms with Gasteiger partial charge in [-0.15, -0.1) is 0 Å². The number of hydrogen-bond acceptors (Lipinski definition) is 5. The van der Waals surface area contributed by atoms with Gasteiger partial charge in [0.1, 0.15) is 17.8 Å². The highest BCUT2D eigenvalue weighted by Gasteiger charge is 2.48. The smallest absolute Gasteiger partial charge is 0.270 e. The second kappa shape index (κ2) is 11.7. The minimum atomic E-state index is -0.622. The van der Waals surface area contributed by atoms with Crippen LogP contribution in [-0.2, 0) is 20.8 Å². The molecule has 2 aromatic rings. The number of rotatable bonds is 13. The summed E-state index contributed by atoms with van der Waals surface area (Å²) < 4.78 is 1.69. The van der Waals surface area contributed by atoms with Gasteiger partial charge in [0.05, 0.1) is 6.04 Å². The summed E-state index contributed by atoms with van der Waals surface area (Å²) in [4.78, 5) is 53.0. The number of aryl methyl sites for hydroxylation is 1. The van der Waals surface area contributed by atoms with Crippen molar-refractivity contribution in [1.82, 2.24) is 25.7 Å². The van der Waals surface area contributed by atoms with Gasteiger partial charge in [0.2, 0.25) is 17.7 Å². The molecular weight excluding hydrogens is 556 g/mol. The standard InChI is InChI=1S/C34H44N6O4/c1-18(2)40-27(15-16-35-40)32(42)39-30(28(19-3-4-19)20-5-6-20)34(44)36-24-12-13-25-23(17-24)11-14-26(25)37-33(43)29(21-7-8-21)38-31(41)22-9-10-22/h12-13,15-22,26,28-30H,3-11,14H2,1-2H3,(H,36,44)(H,37,43)(H,38,41)(H,39,42)/t26-,29-,30+/m1/s1. The number of fused-ring (bicyclic) bond motifs is 1. The average molecular weight is 601 g/mol. The van der Waals surface area contributed by atoms with E-state index in [0.29, 0.717) is 23.2 Å². The Hall–Kier alpha value is -3.69. The SMILES string of the molecule is CC(C)n1nccc1C(=O)N[C@H](C(=O)Nc1ccc2c(c1)CC[C@H]2NC(=O)[C@H](NC(=O)C1CC1)C1CC1)C(C1CC1)C1CC1. The highest BCUT2D eigenvalue weighted by atomic mass is 16.2. The number of aromatic nitrogens is 2. The van der Waals surface area contributed by atoms with Crippen molar-refractivity contribution < 1.29 is 19.2 Å². The van der Waals surface area contributed by atoms with Crippen molar-refractivity contribution >= 4 is 29.3 Å². The van der Waals surface area contributed by atoms with Crippen molar-refractivity contribution in [3.05, 3.63) is 47.3 Å². The molecule has 0 radical (unpaired) electrons. The Morgan fingerprint density at radius 1 is 0.841 bits per heavy atom. The van der Waals surface area contributed by atoms with E-state index in [-0.39, 0.29) is 53.5 Å².